The van der Waals surface area contributed by atoms with Crippen LogP contribution in [-0.4, -0.2) is 22.3 Å². The number of hydrogen-bond acceptors (Lipinski definition) is 3. The molecule has 0 aromatic carbocycles. The molecule has 0 spiro atoms. The van der Waals surface area contributed by atoms with Crippen molar-refractivity contribution < 1.29 is 14.7 Å². The van der Waals surface area contributed by atoms with Crippen molar-refractivity contribution in [2.45, 2.75) is 70.8 Å². The monoisotopic (exact) mass is 302 g/mol. The summed E-state index contributed by atoms with van der Waals surface area (Å²) in [4.78, 5) is 25.0. The fourth-order valence-electron chi connectivity index (χ4n) is 6.18. The Labute approximate surface area is 132 Å². The summed E-state index contributed by atoms with van der Waals surface area (Å²) in [5, 5.41) is 11.6. The number of hydrogen-bond donors (Lipinski definition) is 1. The topological polar surface area (TPSA) is 54.4 Å². The second-order valence-electron chi connectivity index (χ2n) is 8.33. The van der Waals surface area contributed by atoms with Crippen LogP contribution in [-0.2, 0) is 9.59 Å². The van der Waals surface area contributed by atoms with Crippen LogP contribution in [0.25, 0.3) is 0 Å². The van der Waals surface area contributed by atoms with Crippen molar-refractivity contribution >= 4 is 11.6 Å². The minimum atomic E-state index is -0.888. The number of allylic oxidation sites excluding steroid dienone is 1. The van der Waals surface area contributed by atoms with Gasteiger partial charge in [0.05, 0.1) is 11.5 Å². The van der Waals surface area contributed by atoms with E-state index in [4.69, 9.17) is 0 Å². The number of Topliss-reactive ketones (excluding diaryl/α,β-unsaturated/α-hetero) is 2. The van der Waals surface area contributed by atoms with Gasteiger partial charge in [-0.25, -0.2) is 0 Å². The van der Waals surface area contributed by atoms with Gasteiger partial charge in [-0.3, -0.25) is 9.59 Å². The Bertz CT molecular complexity index is 589. The predicted octanol–water partition coefficient (Wildman–Crippen LogP) is 3.20. The molecule has 5 atom stereocenters. The van der Waals surface area contributed by atoms with Gasteiger partial charge in [-0.1, -0.05) is 18.1 Å². The molecule has 4 aliphatic carbocycles. The molecule has 4 rings (SSSR count). The van der Waals surface area contributed by atoms with E-state index < -0.39 is 5.60 Å². The molecule has 0 aromatic rings. The third-order valence-electron chi connectivity index (χ3n) is 7.50. The van der Waals surface area contributed by atoms with Crippen molar-refractivity contribution in [3.8, 4) is 0 Å². The molecule has 0 saturated heterocycles. The van der Waals surface area contributed by atoms with Crippen LogP contribution in [0.15, 0.2) is 11.1 Å². The van der Waals surface area contributed by atoms with Crippen LogP contribution in [0.1, 0.15) is 65.2 Å². The lowest BCUT2D eigenvalue weighted by molar-refractivity contribution is -0.167. The molecule has 3 fully saturated rings. The Morgan fingerprint density at radius 3 is 2.50 bits per heavy atom. The van der Waals surface area contributed by atoms with E-state index in [-0.39, 0.29) is 29.0 Å². The van der Waals surface area contributed by atoms with Gasteiger partial charge in [0.2, 0.25) is 0 Å². The largest absolute Gasteiger partial charge is 0.388 e. The molecule has 4 aliphatic rings. The predicted molar refractivity (Wildman–Crippen MR) is 83.2 cm³/mol. The number of ketones is 2. The average Bonchev–Trinajstić information content (AvgIpc) is 2.78. The number of fused-ring (bicyclic) bond motifs is 5. The van der Waals surface area contributed by atoms with Crippen molar-refractivity contribution in [2.24, 2.45) is 23.2 Å². The molecule has 22 heavy (non-hydrogen) atoms. The second-order valence-corrected chi connectivity index (χ2v) is 8.33. The maximum absolute atomic E-state index is 12.6. The van der Waals surface area contributed by atoms with Gasteiger partial charge >= 0.3 is 0 Å². The Hall–Kier alpha value is -0.960. The average molecular weight is 302 g/mol. The van der Waals surface area contributed by atoms with Crippen LogP contribution in [0.4, 0.5) is 0 Å². The molecule has 0 amide bonds. The molecular formula is C19H26O3. The summed E-state index contributed by atoms with van der Waals surface area (Å²) >= 11 is 0. The zero-order valence-electron chi connectivity index (χ0n) is 13.7. The first-order valence-corrected chi connectivity index (χ1v) is 8.85. The number of carbonyl (C=O) groups excluding carboxylic acids is 2. The Kier molecular flexibility index (Phi) is 3.01. The molecule has 0 radical (unpaired) electrons. The van der Waals surface area contributed by atoms with E-state index in [2.05, 4.69) is 13.8 Å². The van der Waals surface area contributed by atoms with Crippen molar-refractivity contribution in [3.05, 3.63) is 11.1 Å². The molecular weight excluding hydrogens is 276 g/mol. The summed E-state index contributed by atoms with van der Waals surface area (Å²) < 4.78 is 0. The molecule has 0 unspecified atom stereocenters. The Morgan fingerprint density at radius 2 is 1.73 bits per heavy atom. The first kappa shape index (κ1) is 14.6. The van der Waals surface area contributed by atoms with E-state index in [9.17, 15) is 14.7 Å². The first-order valence-electron chi connectivity index (χ1n) is 8.85. The lowest BCUT2D eigenvalue weighted by Crippen LogP contribution is -2.60. The molecule has 0 aliphatic heterocycles. The quantitative estimate of drug-likeness (QED) is 0.699. The van der Waals surface area contributed by atoms with Gasteiger partial charge in [-0.2, -0.15) is 0 Å². The molecule has 120 valence electrons. The highest BCUT2D eigenvalue weighted by Gasteiger charge is 2.63. The van der Waals surface area contributed by atoms with Gasteiger partial charge in [-0.05, 0) is 57.3 Å². The summed E-state index contributed by atoms with van der Waals surface area (Å²) in [7, 11) is 0. The highest BCUT2D eigenvalue weighted by Crippen LogP contribution is 2.62. The molecule has 3 nitrogen and oxygen atoms in total. The van der Waals surface area contributed by atoms with Crippen molar-refractivity contribution in [1.82, 2.24) is 0 Å². The Balaban J connectivity index is 1.77. The fourth-order valence-corrected chi connectivity index (χ4v) is 6.18. The third kappa shape index (κ3) is 1.66. The summed E-state index contributed by atoms with van der Waals surface area (Å²) in [5.41, 5.74) is 1.42. The summed E-state index contributed by atoms with van der Waals surface area (Å²) in [6, 6.07) is 0. The molecule has 0 aromatic heterocycles. The lowest BCUT2D eigenvalue weighted by atomic mass is 9.49. The molecule has 0 bridgehead atoms. The third-order valence-corrected chi connectivity index (χ3v) is 7.50. The highest BCUT2D eigenvalue weighted by atomic mass is 16.3. The minimum Gasteiger partial charge on any atom is -0.388 e. The van der Waals surface area contributed by atoms with Gasteiger partial charge in [0, 0.05) is 18.3 Å². The van der Waals surface area contributed by atoms with Gasteiger partial charge in [0.1, 0.15) is 11.6 Å². The molecule has 1 N–H and O–H groups in total. The van der Waals surface area contributed by atoms with E-state index in [0.29, 0.717) is 25.0 Å². The first-order chi connectivity index (χ1) is 10.4. The van der Waals surface area contributed by atoms with Gasteiger partial charge in [0.15, 0.2) is 0 Å². The second kappa shape index (κ2) is 4.53. The van der Waals surface area contributed by atoms with Crippen molar-refractivity contribution in [3.63, 3.8) is 0 Å². The van der Waals surface area contributed by atoms with Crippen molar-refractivity contribution in [1.29, 1.82) is 0 Å². The van der Waals surface area contributed by atoms with E-state index in [0.717, 1.165) is 32.1 Å². The van der Waals surface area contributed by atoms with Crippen LogP contribution in [0.5, 0.6) is 0 Å². The zero-order valence-corrected chi connectivity index (χ0v) is 13.7. The van der Waals surface area contributed by atoms with E-state index >= 15 is 0 Å². The summed E-state index contributed by atoms with van der Waals surface area (Å²) in [5.74, 6) is 0.740. The Morgan fingerprint density at radius 1 is 1.00 bits per heavy atom. The number of carbonyl (C=O) groups is 2. The van der Waals surface area contributed by atoms with Crippen molar-refractivity contribution in [2.75, 3.05) is 0 Å². The lowest BCUT2D eigenvalue weighted by Gasteiger charge is -2.56. The smallest absolute Gasteiger partial charge is 0.143 e. The maximum Gasteiger partial charge on any atom is 0.143 e. The summed E-state index contributed by atoms with van der Waals surface area (Å²) in [6.45, 7) is 4.23. The van der Waals surface area contributed by atoms with E-state index in [1.807, 2.05) is 0 Å². The molecule has 0 heterocycles. The van der Waals surface area contributed by atoms with Gasteiger partial charge in [-0.15, -0.1) is 0 Å². The van der Waals surface area contributed by atoms with Crippen LogP contribution in [0.2, 0.25) is 0 Å². The van der Waals surface area contributed by atoms with Gasteiger partial charge in [0.25, 0.3) is 0 Å². The van der Waals surface area contributed by atoms with Gasteiger partial charge < -0.3 is 5.11 Å². The fraction of sp³-hybridized carbons (Fsp3) is 0.789. The normalized spacial score (nSPS) is 48.0. The summed E-state index contributed by atoms with van der Waals surface area (Å²) in [6.07, 6.45) is 6.26. The number of aliphatic hydroxyl groups is 1. The zero-order chi connectivity index (χ0) is 15.7. The van der Waals surface area contributed by atoms with Crippen LogP contribution in [0, 0.1) is 23.2 Å². The minimum absolute atomic E-state index is 0.126. The highest BCUT2D eigenvalue weighted by molar-refractivity contribution is 5.89. The molecule has 3 saturated carbocycles. The maximum atomic E-state index is 12.6. The van der Waals surface area contributed by atoms with E-state index in [1.54, 1.807) is 0 Å². The molecule has 3 heteroatoms. The van der Waals surface area contributed by atoms with Crippen LogP contribution in [0.3, 0.4) is 0 Å². The number of rotatable bonds is 0. The SMILES string of the molecule is CC1=C2CC[C@H]3[C@@H]4CCC(=O)[C@@]4(C)CC[C@]3(O)[C@H]2C(=O)CC1. The van der Waals surface area contributed by atoms with E-state index in [1.165, 1.54) is 11.1 Å². The standard InChI is InChI=1S/C19H26O3/c1-11-3-7-15(20)17-12(11)4-5-14-13-6-8-16(21)18(13,2)9-10-19(14,17)22/h13-14,17,22H,3-10H2,1-2H3/t13-,14-,17+,18-,19+/m0/s1. The van der Waals surface area contributed by atoms with Crippen LogP contribution >= 0.6 is 0 Å². The van der Waals surface area contributed by atoms with Crippen LogP contribution < -0.4 is 0 Å².